The number of carbonyl (C=O) groups excluding carboxylic acids is 2. The first kappa shape index (κ1) is 18.7. The number of amides is 3. The molecule has 142 valence electrons. The Labute approximate surface area is 157 Å². The molecule has 0 spiro atoms. The summed E-state index contributed by atoms with van der Waals surface area (Å²) in [6.45, 7) is 3.80. The number of halogens is 1. The topological polar surface area (TPSA) is 61.9 Å². The van der Waals surface area contributed by atoms with Gasteiger partial charge in [-0.2, -0.15) is 0 Å². The van der Waals surface area contributed by atoms with E-state index >= 15 is 0 Å². The minimum Gasteiger partial charge on any atom is -0.494 e. The Morgan fingerprint density at radius 2 is 1.81 bits per heavy atom. The Hall–Kier alpha value is -3.09. The molecule has 1 aliphatic rings. The van der Waals surface area contributed by atoms with Crippen LogP contribution in [-0.4, -0.2) is 43.1 Å². The fourth-order valence-electron chi connectivity index (χ4n) is 2.89. The molecule has 7 heteroatoms. The van der Waals surface area contributed by atoms with Gasteiger partial charge in [0.1, 0.15) is 18.1 Å². The van der Waals surface area contributed by atoms with Gasteiger partial charge in [-0.05, 0) is 48.9 Å². The summed E-state index contributed by atoms with van der Waals surface area (Å²) in [6, 6.07) is 13.0. The molecule has 0 unspecified atom stereocenters. The van der Waals surface area contributed by atoms with Crippen molar-refractivity contribution in [3.05, 3.63) is 59.9 Å². The van der Waals surface area contributed by atoms with Gasteiger partial charge in [0.25, 0.3) is 0 Å². The summed E-state index contributed by atoms with van der Waals surface area (Å²) in [6.07, 6.45) is 0. The maximum Gasteiger partial charge on any atom is 0.325 e. The quantitative estimate of drug-likeness (QED) is 0.814. The van der Waals surface area contributed by atoms with Crippen molar-refractivity contribution in [1.29, 1.82) is 0 Å². The monoisotopic (exact) mass is 371 g/mol. The van der Waals surface area contributed by atoms with Gasteiger partial charge in [0.05, 0.1) is 6.61 Å². The number of hydrogen-bond donors (Lipinski definition) is 1. The van der Waals surface area contributed by atoms with Gasteiger partial charge in [-0.3, -0.25) is 9.69 Å². The third kappa shape index (κ3) is 4.75. The second kappa shape index (κ2) is 8.53. The molecule has 3 rings (SSSR count). The molecule has 2 aromatic rings. The van der Waals surface area contributed by atoms with E-state index in [1.807, 2.05) is 31.2 Å². The van der Waals surface area contributed by atoms with E-state index in [0.717, 1.165) is 17.0 Å². The van der Waals surface area contributed by atoms with Gasteiger partial charge in [0, 0.05) is 25.3 Å². The number of anilines is 1. The minimum atomic E-state index is -0.317. The molecule has 0 atom stereocenters. The highest BCUT2D eigenvalue weighted by molar-refractivity contribution is 5.96. The van der Waals surface area contributed by atoms with E-state index in [1.54, 1.807) is 17.0 Å². The lowest BCUT2D eigenvalue weighted by Crippen LogP contribution is -2.39. The van der Waals surface area contributed by atoms with Gasteiger partial charge in [-0.15, -0.1) is 0 Å². The largest absolute Gasteiger partial charge is 0.494 e. The van der Waals surface area contributed by atoms with Crippen molar-refractivity contribution in [2.75, 3.05) is 31.1 Å². The molecule has 2 aromatic carbocycles. The molecule has 3 amide bonds. The van der Waals surface area contributed by atoms with Gasteiger partial charge >= 0.3 is 6.03 Å². The van der Waals surface area contributed by atoms with E-state index in [2.05, 4.69) is 5.32 Å². The lowest BCUT2D eigenvalue weighted by Gasteiger charge is -2.18. The van der Waals surface area contributed by atoms with Crippen LogP contribution in [-0.2, 0) is 11.3 Å². The maximum atomic E-state index is 12.9. The van der Waals surface area contributed by atoms with Crippen molar-refractivity contribution in [3.8, 4) is 5.75 Å². The van der Waals surface area contributed by atoms with E-state index in [0.29, 0.717) is 26.2 Å². The Morgan fingerprint density at radius 1 is 1.11 bits per heavy atom. The normalized spacial score (nSPS) is 13.8. The molecular formula is C20H22FN3O3. The average Bonchev–Trinajstić information content (AvgIpc) is 3.03. The second-order valence-corrected chi connectivity index (χ2v) is 6.19. The molecule has 0 aliphatic carbocycles. The highest BCUT2D eigenvalue weighted by Gasteiger charge is 2.30. The summed E-state index contributed by atoms with van der Waals surface area (Å²) in [5, 5.41) is 2.75. The Balaban J connectivity index is 1.51. The molecule has 6 nitrogen and oxygen atoms in total. The van der Waals surface area contributed by atoms with Crippen LogP contribution in [0.4, 0.5) is 14.9 Å². The summed E-state index contributed by atoms with van der Waals surface area (Å²) in [7, 11) is 0. The summed E-state index contributed by atoms with van der Waals surface area (Å²) in [4.78, 5) is 27.8. The van der Waals surface area contributed by atoms with Crippen molar-refractivity contribution >= 4 is 17.6 Å². The maximum absolute atomic E-state index is 12.9. The predicted octanol–water partition coefficient (Wildman–Crippen LogP) is 2.78. The zero-order valence-corrected chi connectivity index (χ0v) is 15.2. The van der Waals surface area contributed by atoms with Crippen molar-refractivity contribution in [1.82, 2.24) is 10.2 Å². The molecule has 1 fully saturated rings. The number of hydrogen-bond acceptors (Lipinski definition) is 3. The number of urea groups is 1. The summed E-state index contributed by atoms with van der Waals surface area (Å²) in [5.74, 6) is 0.188. The number of benzene rings is 2. The van der Waals surface area contributed by atoms with Gasteiger partial charge in [-0.25, -0.2) is 9.18 Å². The first-order chi connectivity index (χ1) is 13.1. The highest BCUT2D eigenvalue weighted by Crippen LogP contribution is 2.23. The minimum absolute atomic E-state index is 0.00639. The first-order valence-electron chi connectivity index (χ1n) is 8.87. The van der Waals surface area contributed by atoms with Crippen molar-refractivity contribution in [3.63, 3.8) is 0 Å². The Morgan fingerprint density at radius 3 is 2.48 bits per heavy atom. The van der Waals surface area contributed by atoms with Crippen LogP contribution in [0.2, 0.25) is 0 Å². The van der Waals surface area contributed by atoms with Crippen LogP contribution in [0.5, 0.6) is 5.75 Å². The molecule has 0 radical (unpaired) electrons. The Kier molecular flexibility index (Phi) is 5.90. The first-order valence-corrected chi connectivity index (χ1v) is 8.87. The fraction of sp³-hybridized carbons (Fsp3) is 0.300. The van der Waals surface area contributed by atoms with Crippen molar-refractivity contribution in [2.45, 2.75) is 13.5 Å². The number of ether oxygens (including phenoxy) is 1. The third-order valence-corrected chi connectivity index (χ3v) is 4.29. The molecule has 0 saturated carbocycles. The van der Waals surface area contributed by atoms with Gasteiger partial charge in [-0.1, -0.05) is 12.1 Å². The van der Waals surface area contributed by atoms with Gasteiger partial charge in [0.15, 0.2) is 0 Å². The second-order valence-electron chi connectivity index (χ2n) is 6.19. The molecular weight excluding hydrogens is 349 g/mol. The lowest BCUT2D eigenvalue weighted by atomic mass is 10.2. The van der Waals surface area contributed by atoms with E-state index in [1.165, 1.54) is 17.0 Å². The molecule has 1 saturated heterocycles. The van der Waals surface area contributed by atoms with Crippen LogP contribution in [0.25, 0.3) is 0 Å². The zero-order chi connectivity index (χ0) is 19.2. The van der Waals surface area contributed by atoms with Gasteiger partial charge in [0.2, 0.25) is 5.91 Å². The van der Waals surface area contributed by atoms with Crippen LogP contribution in [0.15, 0.2) is 48.5 Å². The van der Waals surface area contributed by atoms with Gasteiger partial charge < -0.3 is 15.0 Å². The summed E-state index contributed by atoms with van der Waals surface area (Å²) in [5.41, 5.74) is 1.58. The summed E-state index contributed by atoms with van der Waals surface area (Å²) < 4.78 is 18.3. The Bertz CT molecular complexity index is 793. The van der Waals surface area contributed by atoms with Crippen LogP contribution in [0.1, 0.15) is 12.5 Å². The molecule has 0 bridgehead atoms. The van der Waals surface area contributed by atoms with Crippen molar-refractivity contribution < 1.29 is 18.7 Å². The van der Waals surface area contributed by atoms with Crippen LogP contribution >= 0.6 is 0 Å². The molecule has 1 N–H and O–H groups in total. The predicted molar refractivity (Wildman–Crippen MR) is 100 cm³/mol. The highest BCUT2D eigenvalue weighted by atomic mass is 19.1. The van der Waals surface area contributed by atoms with Crippen molar-refractivity contribution in [2.24, 2.45) is 0 Å². The van der Waals surface area contributed by atoms with E-state index < -0.39 is 0 Å². The number of nitrogens with one attached hydrogen (secondary N) is 1. The smallest absolute Gasteiger partial charge is 0.325 e. The van der Waals surface area contributed by atoms with Crippen LogP contribution < -0.4 is 15.0 Å². The third-order valence-electron chi connectivity index (χ3n) is 4.29. The molecule has 1 aliphatic heterocycles. The average molecular weight is 371 g/mol. The number of nitrogens with zero attached hydrogens (tertiary/aromatic N) is 2. The lowest BCUT2D eigenvalue weighted by molar-refractivity contribution is -0.121. The molecule has 0 aromatic heterocycles. The van der Waals surface area contributed by atoms with Crippen LogP contribution in [0.3, 0.4) is 0 Å². The zero-order valence-electron chi connectivity index (χ0n) is 15.2. The van der Waals surface area contributed by atoms with Crippen LogP contribution in [0, 0.1) is 5.82 Å². The SMILES string of the molecule is CCOc1ccc(N2CCN(CC(=O)NCc3ccc(F)cc3)C2=O)cc1. The van der Waals surface area contributed by atoms with E-state index in [9.17, 15) is 14.0 Å². The fourth-order valence-corrected chi connectivity index (χ4v) is 2.89. The molecule has 1 heterocycles. The summed E-state index contributed by atoms with van der Waals surface area (Å²) >= 11 is 0. The standard InChI is InChI=1S/C20H22FN3O3/c1-2-27-18-9-7-17(8-10-18)24-12-11-23(20(24)26)14-19(25)22-13-15-3-5-16(21)6-4-15/h3-10H,2,11-14H2,1H3,(H,22,25). The van der Waals surface area contributed by atoms with E-state index in [4.69, 9.17) is 4.74 Å². The molecule has 27 heavy (non-hydrogen) atoms. The number of rotatable bonds is 7. The van der Waals surface area contributed by atoms with E-state index in [-0.39, 0.29) is 24.3 Å². The number of carbonyl (C=O) groups is 2.